The van der Waals surface area contributed by atoms with Crippen molar-refractivity contribution in [1.82, 2.24) is 4.98 Å². The van der Waals surface area contributed by atoms with Gasteiger partial charge in [0.2, 0.25) is 0 Å². The summed E-state index contributed by atoms with van der Waals surface area (Å²) in [6, 6.07) is 6.72. The fourth-order valence-corrected chi connectivity index (χ4v) is 2.09. The van der Waals surface area contributed by atoms with Crippen LogP contribution >= 0.6 is 15.9 Å². The monoisotopic (exact) mass is 311 g/mol. The molecule has 0 radical (unpaired) electrons. The molecule has 0 spiro atoms. The Hall–Kier alpha value is -1.62. The van der Waals surface area contributed by atoms with E-state index in [0.717, 1.165) is 0 Å². The van der Waals surface area contributed by atoms with E-state index in [1.54, 1.807) is 6.07 Å². The third-order valence-corrected chi connectivity index (χ3v) is 2.77. The normalized spacial score (nSPS) is 10.4. The van der Waals surface area contributed by atoms with Gasteiger partial charge in [0.15, 0.2) is 11.6 Å². The molecule has 0 aliphatic carbocycles. The number of halogens is 3. The van der Waals surface area contributed by atoms with E-state index >= 15 is 0 Å². The lowest BCUT2D eigenvalue weighted by Crippen LogP contribution is -2.08. The molecule has 0 fully saturated rings. The van der Waals surface area contributed by atoms with Crippen molar-refractivity contribution in [1.29, 1.82) is 0 Å². The molecular formula is C13H8BrF2NO. The molecule has 1 aromatic carbocycles. The van der Waals surface area contributed by atoms with Crippen molar-refractivity contribution in [3.63, 3.8) is 0 Å². The van der Waals surface area contributed by atoms with Gasteiger partial charge in [-0.1, -0.05) is 15.9 Å². The number of pyridine rings is 1. The van der Waals surface area contributed by atoms with E-state index in [1.165, 1.54) is 30.5 Å². The highest BCUT2D eigenvalue weighted by atomic mass is 79.9. The molecule has 2 nitrogen and oxygen atoms in total. The minimum absolute atomic E-state index is 0.0930. The highest BCUT2D eigenvalue weighted by molar-refractivity contribution is 9.10. The van der Waals surface area contributed by atoms with E-state index in [1.807, 2.05) is 0 Å². The first kappa shape index (κ1) is 12.8. The fraction of sp³-hybridized carbons (Fsp3) is 0.0769. The molecule has 1 heterocycles. The van der Waals surface area contributed by atoms with Crippen molar-refractivity contribution in [2.75, 3.05) is 0 Å². The molecule has 0 saturated carbocycles. The number of ketones is 1. The molecule has 0 unspecified atom stereocenters. The van der Waals surface area contributed by atoms with Crippen molar-refractivity contribution in [2.45, 2.75) is 6.42 Å². The van der Waals surface area contributed by atoms with Gasteiger partial charge in [0.25, 0.3) is 0 Å². The highest BCUT2D eigenvalue weighted by Gasteiger charge is 2.14. The van der Waals surface area contributed by atoms with Crippen LogP contribution in [0.2, 0.25) is 0 Å². The minimum atomic E-state index is -0.669. The van der Waals surface area contributed by atoms with E-state index in [9.17, 15) is 13.6 Å². The summed E-state index contributed by atoms with van der Waals surface area (Å²) in [6.07, 6.45) is 1.25. The van der Waals surface area contributed by atoms with Gasteiger partial charge in [-0.05, 0) is 35.9 Å². The number of carbonyl (C=O) groups excluding carboxylic acids is 1. The molecule has 0 aliphatic rings. The van der Waals surface area contributed by atoms with Gasteiger partial charge < -0.3 is 0 Å². The predicted octanol–water partition coefficient (Wildman–Crippen LogP) is 3.55. The largest absolute Gasteiger partial charge is 0.292 e. The summed E-state index contributed by atoms with van der Waals surface area (Å²) >= 11 is 3.13. The molecular weight excluding hydrogens is 304 g/mol. The van der Waals surface area contributed by atoms with E-state index in [-0.39, 0.29) is 12.1 Å². The molecule has 1 aromatic heterocycles. The third-order valence-electron chi connectivity index (χ3n) is 2.31. The average molecular weight is 312 g/mol. The summed E-state index contributed by atoms with van der Waals surface area (Å²) in [6.45, 7) is 0. The second-order valence-corrected chi connectivity index (χ2v) is 4.63. The zero-order valence-corrected chi connectivity index (χ0v) is 10.7. The minimum Gasteiger partial charge on any atom is -0.292 e. The summed E-state index contributed by atoms with van der Waals surface area (Å²) in [4.78, 5) is 15.5. The Morgan fingerprint density at radius 2 is 2.06 bits per heavy atom. The topological polar surface area (TPSA) is 30.0 Å². The van der Waals surface area contributed by atoms with Gasteiger partial charge in [-0.2, -0.15) is 0 Å². The lowest BCUT2D eigenvalue weighted by molar-refractivity contribution is 0.0984. The van der Waals surface area contributed by atoms with Crippen LogP contribution in [0.4, 0.5) is 8.78 Å². The highest BCUT2D eigenvalue weighted by Crippen LogP contribution is 2.17. The molecule has 92 valence electrons. The second kappa shape index (κ2) is 5.35. The Labute approximate surface area is 111 Å². The van der Waals surface area contributed by atoms with Gasteiger partial charge in [0.05, 0.1) is 0 Å². The Bertz CT molecular complexity index is 581. The van der Waals surface area contributed by atoms with Gasteiger partial charge >= 0.3 is 0 Å². The molecule has 0 saturated heterocycles. The fourth-order valence-electron chi connectivity index (χ4n) is 1.57. The van der Waals surface area contributed by atoms with Crippen molar-refractivity contribution >= 4 is 21.7 Å². The Morgan fingerprint density at radius 1 is 1.28 bits per heavy atom. The Kier molecular flexibility index (Phi) is 3.81. The lowest BCUT2D eigenvalue weighted by atomic mass is 10.1. The van der Waals surface area contributed by atoms with E-state index in [0.29, 0.717) is 10.0 Å². The smallest absolute Gasteiger partial charge is 0.188 e. The summed E-state index contributed by atoms with van der Waals surface area (Å²) in [5, 5.41) is 0. The molecule has 0 atom stereocenters. The maximum absolute atomic E-state index is 13.3. The number of benzene rings is 1. The molecule has 0 aliphatic heterocycles. The van der Waals surface area contributed by atoms with Gasteiger partial charge in [0, 0.05) is 17.1 Å². The lowest BCUT2D eigenvalue weighted by Gasteiger charge is -2.03. The number of aromatic nitrogens is 1. The van der Waals surface area contributed by atoms with Crippen molar-refractivity contribution < 1.29 is 13.6 Å². The number of carbonyl (C=O) groups is 1. The van der Waals surface area contributed by atoms with E-state index in [4.69, 9.17) is 0 Å². The maximum atomic E-state index is 13.3. The van der Waals surface area contributed by atoms with Crippen LogP contribution in [0.3, 0.4) is 0 Å². The SMILES string of the molecule is O=C(Cc1cc(F)cc(Br)c1)c1ncccc1F. The number of hydrogen-bond acceptors (Lipinski definition) is 2. The molecule has 2 aromatic rings. The number of nitrogens with zero attached hydrogens (tertiary/aromatic N) is 1. The molecule has 0 amide bonds. The van der Waals surface area contributed by atoms with Crippen molar-refractivity contribution in [2.24, 2.45) is 0 Å². The zero-order valence-electron chi connectivity index (χ0n) is 9.16. The van der Waals surface area contributed by atoms with Gasteiger partial charge in [-0.15, -0.1) is 0 Å². The van der Waals surface area contributed by atoms with Crippen LogP contribution in [0.25, 0.3) is 0 Å². The predicted molar refractivity (Wildman–Crippen MR) is 66.3 cm³/mol. The van der Waals surface area contributed by atoms with Gasteiger partial charge in [0.1, 0.15) is 11.5 Å². The van der Waals surface area contributed by atoms with E-state index < -0.39 is 17.4 Å². The number of Topliss-reactive ketones (excluding diaryl/α,β-unsaturated/α-hetero) is 1. The van der Waals surface area contributed by atoms with Crippen LogP contribution in [0.15, 0.2) is 41.0 Å². The number of rotatable bonds is 3. The van der Waals surface area contributed by atoms with Crippen LogP contribution in [0.5, 0.6) is 0 Å². The molecule has 0 N–H and O–H groups in total. The summed E-state index contributed by atoms with van der Waals surface area (Å²) in [5.74, 6) is -1.60. The third kappa shape index (κ3) is 2.98. The second-order valence-electron chi connectivity index (χ2n) is 3.71. The van der Waals surface area contributed by atoms with Crippen LogP contribution in [-0.2, 0) is 6.42 Å². The summed E-state index contributed by atoms with van der Waals surface area (Å²) in [7, 11) is 0. The quantitative estimate of drug-likeness (QED) is 0.811. The molecule has 5 heteroatoms. The first-order chi connectivity index (χ1) is 8.56. The average Bonchev–Trinajstić information content (AvgIpc) is 2.27. The van der Waals surface area contributed by atoms with Crippen molar-refractivity contribution in [3.8, 4) is 0 Å². The summed E-state index contributed by atoms with van der Waals surface area (Å²) < 4.78 is 27.0. The molecule has 0 bridgehead atoms. The summed E-state index contributed by atoms with van der Waals surface area (Å²) in [5.41, 5.74) is 0.245. The molecule has 18 heavy (non-hydrogen) atoms. The maximum Gasteiger partial charge on any atom is 0.188 e. The van der Waals surface area contributed by atoms with E-state index in [2.05, 4.69) is 20.9 Å². The van der Waals surface area contributed by atoms with Crippen LogP contribution in [0.1, 0.15) is 16.1 Å². The van der Waals surface area contributed by atoms with Crippen LogP contribution < -0.4 is 0 Å². The van der Waals surface area contributed by atoms with Crippen LogP contribution in [0, 0.1) is 11.6 Å². The Balaban J connectivity index is 2.24. The first-order valence-corrected chi connectivity index (χ1v) is 5.94. The van der Waals surface area contributed by atoms with Gasteiger partial charge in [-0.3, -0.25) is 9.78 Å². The first-order valence-electron chi connectivity index (χ1n) is 5.15. The molecule has 2 rings (SSSR count). The van der Waals surface area contributed by atoms with Gasteiger partial charge in [-0.25, -0.2) is 8.78 Å². The Morgan fingerprint density at radius 3 is 2.72 bits per heavy atom. The van der Waals surface area contributed by atoms with Crippen molar-refractivity contribution in [3.05, 3.63) is 63.9 Å². The standard InChI is InChI=1S/C13H8BrF2NO/c14-9-4-8(5-10(15)7-9)6-12(18)13-11(16)2-1-3-17-13/h1-5,7H,6H2. The van der Waals surface area contributed by atoms with Crippen LogP contribution in [-0.4, -0.2) is 10.8 Å². The number of hydrogen-bond donors (Lipinski definition) is 0. The zero-order chi connectivity index (χ0) is 13.1.